The number of hydrogen-bond donors (Lipinski definition) is 3. The Hall–Kier alpha value is -1.54. The zero-order chi connectivity index (χ0) is 18.1. The summed E-state index contributed by atoms with van der Waals surface area (Å²) in [6.45, 7) is 7.51. The SMILES string of the molecule is C=C[C@H](NC)C(=O)N[C@H]1CCS[C@H]2CC(C)(C)[C@@H](C(N)=O)N2C1=O. The molecule has 0 aromatic rings. The summed E-state index contributed by atoms with van der Waals surface area (Å²) >= 11 is 1.64. The van der Waals surface area contributed by atoms with Gasteiger partial charge in [0.15, 0.2) is 0 Å². The zero-order valence-electron chi connectivity index (χ0n) is 14.4. The smallest absolute Gasteiger partial charge is 0.246 e. The zero-order valence-corrected chi connectivity index (χ0v) is 15.2. The van der Waals surface area contributed by atoms with Crippen molar-refractivity contribution in [1.82, 2.24) is 15.5 Å². The minimum Gasteiger partial charge on any atom is -0.368 e. The van der Waals surface area contributed by atoms with Crippen molar-refractivity contribution in [2.24, 2.45) is 11.1 Å². The first-order valence-electron chi connectivity index (χ1n) is 8.06. The molecule has 2 fully saturated rings. The van der Waals surface area contributed by atoms with Gasteiger partial charge in [0, 0.05) is 0 Å². The van der Waals surface area contributed by atoms with Crippen LogP contribution in [0.25, 0.3) is 0 Å². The van der Waals surface area contributed by atoms with Gasteiger partial charge in [0.05, 0.1) is 5.37 Å². The van der Waals surface area contributed by atoms with E-state index in [0.29, 0.717) is 12.8 Å². The summed E-state index contributed by atoms with van der Waals surface area (Å²) in [6.07, 6.45) is 2.73. The molecule has 2 aliphatic heterocycles. The van der Waals surface area contributed by atoms with Crippen molar-refractivity contribution in [2.75, 3.05) is 12.8 Å². The Morgan fingerprint density at radius 3 is 2.71 bits per heavy atom. The summed E-state index contributed by atoms with van der Waals surface area (Å²) in [4.78, 5) is 38.8. The Labute approximate surface area is 146 Å². The summed E-state index contributed by atoms with van der Waals surface area (Å²) in [6, 6.07) is -1.87. The molecule has 3 amide bonds. The van der Waals surface area contributed by atoms with E-state index in [1.54, 1.807) is 23.7 Å². The van der Waals surface area contributed by atoms with Gasteiger partial charge in [-0.2, -0.15) is 0 Å². The lowest BCUT2D eigenvalue weighted by Gasteiger charge is -2.32. The molecule has 0 radical (unpaired) electrons. The van der Waals surface area contributed by atoms with Gasteiger partial charge in [-0.15, -0.1) is 18.3 Å². The lowest BCUT2D eigenvalue weighted by atomic mass is 9.84. The molecule has 4 atom stereocenters. The molecule has 0 unspecified atom stereocenters. The largest absolute Gasteiger partial charge is 0.368 e. The van der Waals surface area contributed by atoms with Gasteiger partial charge in [-0.1, -0.05) is 19.9 Å². The molecule has 0 aromatic carbocycles. The molecule has 0 aromatic heterocycles. The van der Waals surface area contributed by atoms with Crippen LogP contribution in [-0.4, -0.2) is 58.9 Å². The molecule has 2 aliphatic rings. The number of primary amides is 1. The molecule has 134 valence electrons. The first-order valence-corrected chi connectivity index (χ1v) is 9.11. The minimum absolute atomic E-state index is 0.0774. The van der Waals surface area contributed by atoms with Crippen LogP contribution in [0.15, 0.2) is 12.7 Å². The molecule has 0 spiro atoms. The number of carbonyl (C=O) groups is 3. The van der Waals surface area contributed by atoms with Crippen molar-refractivity contribution < 1.29 is 14.4 Å². The molecule has 2 rings (SSSR count). The van der Waals surface area contributed by atoms with Gasteiger partial charge >= 0.3 is 0 Å². The number of hydrogen-bond acceptors (Lipinski definition) is 5. The van der Waals surface area contributed by atoms with Gasteiger partial charge in [0.1, 0.15) is 18.1 Å². The van der Waals surface area contributed by atoms with Crippen LogP contribution in [0.5, 0.6) is 0 Å². The highest BCUT2D eigenvalue weighted by Gasteiger charge is 2.53. The minimum atomic E-state index is -0.653. The average Bonchev–Trinajstić information content (AvgIpc) is 2.69. The Morgan fingerprint density at radius 2 is 2.17 bits per heavy atom. The van der Waals surface area contributed by atoms with Crippen molar-refractivity contribution in [3.63, 3.8) is 0 Å². The fourth-order valence-electron chi connectivity index (χ4n) is 3.51. The number of amides is 3. The van der Waals surface area contributed by atoms with Gasteiger partial charge in [-0.05, 0) is 31.1 Å². The maximum Gasteiger partial charge on any atom is 0.246 e. The third kappa shape index (κ3) is 3.44. The topological polar surface area (TPSA) is 105 Å². The van der Waals surface area contributed by atoms with E-state index in [-0.39, 0.29) is 22.6 Å². The third-order valence-corrected chi connectivity index (χ3v) is 5.96. The number of rotatable bonds is 5. The molecule has 0 saturated carbocycles. The molecule has 4 N–H and O–H groups in total. The van der Waals surface area contributed by atoms with Crippen LogP contribution in [0, 0.1) is 5.41 Å². The highest BCUT2D eigenvalue weighted by molar-refractivity contribution is 7.99. The monoisotopic (exact) mass is 354 g/mol. The van der Waals surface area contributed by atoms with Gasteiger partial charge in [0.25, 0.3) is 0 Å². The maximum atomic E-state index is 13.0. The molecule has 7 nitrogen and oxygen atoms in total. The Kier molecular flexibility index (Phi) is 5.59. The van der Waals surface area contributed by atoms with Crippen molar-refractivity contribution >= 4 is 29.5 Å². The number of nitrogens with one attached hydrogen (secondary N) is 2. The fourth-order valence-corrected chi connectivity index (χ4v) is 5.09. The number of nitrogens with two attached hydrogens (primary N) is 1. The highest BCUT2D eigenvalue weighted by atomic mass is 32.2. The van der Waals surface area contributed by atoms with Crippen molar-refractivity contribution in [3.8, 4) is 0 Å². The number of carbonyl (C=O) groups excluding carboxylic acids is 3. The quantitative estimate of drug-likeness (QED) is 0.594. The maximum absolute atomic E-state index is 13.0. The second-order valence-corrected chi connectivity index (χ2v) is 8.21. The van der Waals surface area contributed by atoms with Crippen LogP contribution in [-0.2, 0) is 14.4 Å². The van der Waals surface area contributed by atoms with Crippen LogP contribution in [0.3, 0.4) is 0 Å². The van der Waals surface area contributed by atoms with E-state index in [4.69, 9.17) is 5.73 Å². The molecule has 0 bridgehead atoms. The molecule has 2 heterocycles. The Balaban J connectivity index is 2.23. The average molecular weight is 354 g/mol. The molecule has 8 heteroatoms. The Morgan fingerprint density at radius 1 is 1.50 bits per heavy atom. The van der Waals surface area contributed by atoms with E-state index < -0.39 is 24.0 Å². The summed E-state index contributed by atoms with van der Waals surface area (Å²) in [5.41, 5.74) is 5.20. The second kappa shape index (κ2) is 7.14. The van der Waals surface area contributed by atoms with E-state index in [1.807, 2.05) is 13.8 Å². The van der Waals surface area contributed by atoms with Gasteiger partial charge in [0.2, 0.25) is 17.7 Å². The van der Waals surface area contributed by atoms with Crippen molar-refractivity contribution in [2.45, 2.75) is 50.2 Å². The van der Waals surface area contributed by atoms with E-state index in [9.17, 15) is 14.4 Å². The van der Waals surface area contributed by atoms with Gasteiger partial charge in [-0.25, -0.2) is 0 Å². The predicted molar refractivity (Wildman–Crippen MR) is 94.1 cm³/mol. The summed E-state index contributed by atoms with van der Waals surface area (Å²) < 4.78 is 0. The first kappa shape index (κ1) is 18.8. The lowest BCUT2D eigenvalue weighted by Crippen LogP contribution is -2.57. The van der Waals surface area contributed by atoms with Crippen LogP contribution < -0.4 is 16.4 Å². The molecule has 24 heavy (non-hydrogen) atoms. The summed E-state index contributed by atoms with van der Waals surface area (Å²) in [5, 5.41) is 5.53. The van der Waals surface area contributed by atoms with E-state index in [1.165, 1.54) is 6.08 Å². The van der Waals surface area contributed by atoms with Crippen LogP contribution in [0.2, 0.25) is 0 Å². The Bertz CT molecular complexity index is 551. The van der Waals surface area contributed by atoms with Gasteiger partial charge < -0.3 is 21.3 Å². The molecular weight excluding hydrogens is 328 g/mol. The molecule has 0 aliphatic carbocycles. The number of nitrogens with zero attached hydrogens (tertiary/aromatic N) is 1. The number of likely N-dealkylation sites (N-methyl/N-ethyl adjacent to an activating group) is 1. The lowest BCUT2D eigenvalue weighted by molar-refractivity contribution is -0.142. The summed E-state index contributed by atoms with van der Waals surface area (Å²) in [7, 11) is 1.65. The summed E-state index contributed by atoms with van der Waals surface area (Å²) in [5.74, 6) is -0.296. The van der Waals surface area contributed by atoms with Crippen molar-refractivity contribution in [3.05, 3.63) is 12.7 Å². The molecule has 2 saturated heterocycles. The highest BCUT2D eigenvalue weighted by Crippen LogP contribution is 2.45. The van der Waals surface area contributed by atoms with Crippen LogP contribution in [0.4, 0.5) is 0 Å². The first-order chi connectivity index (χ1) is 11.2. The normalized spacial score (nSPS) is 30.2. The second-order valence-electron chi connectivity index (χ2n) is 6.92. The van der Waals surface area contributed by atoms with E-state index in [0.717, 1.165) is 5.75 Å². The van der Waals surface area contributed by atoms with Crippen LogP contribution >= 0.6 is 11.8 Å². The standard InChI is InChI=1S/C16H26N4O3S/c1-5-9(18-4)14(22)19-10-6-7-24-11-8-16(2,3)12(13(17)21)20(11)15(10)23/h5,9-12,18H,1,6-8H2,2-4H3,(H2,17,21)(H,19,22)/t9-,10-,11-,12+/m0/s1. The van der Waals surface area contributed by atoms with E-state index >= 15 is 0 Å². The van der Waals surface area contributed by atoms with Crippen molar-refractivity contribution in [1.29, 1.82) is 0 Å². The number of fused-ring (bicyclic) bond motifs is 1. The molecular formula is C16H26N4O3S. The number of thioether (sulfide) groups is 1. The van der Waals surface area contributed by atoms with E-state index in [2.05, 4.69) is 17.2 Å². The van der Waals surface area contributed by atoms with Gasteiger partial charge in [-0.3, -0.25) is 14.4 Å². The van der Waals surface area contributed by atoms with Crippen LogP contribution in [0.1, 0.15) is 26.7 Å². The fraction of sp³-hybridized carbons (Fsp3) is 0.688. The third-order valence-electron chi connectivity index (χ3n) is 4.71. The predicted octanol–water partition coefficient (Wildman–Crippen LogP) is -0.179.